The van der Waals surface area contributed by atoms with Crippen LogP contribution in [-0.2, 0) is 12.8 Å². The van der Waals surface area contributed by atoms with Crippen LogP contribution in [0.2, 0.25) is 0 Å². The second-order valence-corrected chi connectivity index (χ2v) is 10.8. The maximum Gasteiger partial charge on any atom is 0.0900 e. The molecule has 0 amide bonds. The Bertz CT molecular complexity index is 713. The summed E-state index contributed by atoms with van der Waals surface area (Å²) < 4.78 is 0. The molecule has 1 heterocycles. The fourth-order valence-corrected chi connectivity index (χ4v) is 7.88. The first-order chi connectivity index (χ1) is 12.3. The average Bonchev–Trinajstić information content (AvgIpc) is 3.11. The lowest BCUT2D eigenvalue weighted by Crippen LogP contribution is -2.52. The zero-order valence-electron chi connectivity index (χ0n) is 16.4. The Morgan fingerprint density at radius 2 is 1.96 bits per heavy atom. The van der Waals surface area contributed by atoms with Gasteiger partial charge in [-0.3, -0.25) is 0 Å². The molecule has 2 N–H and O–H groups in total. The van der Waals surface area contributed by atoms with Crippen molar-refractivity contribution in [1.29, 1.82) is 0 Å². The Hall–Kier alpha value is -0.710. The van der Waals surface area contributed by atoms with E-state index in [-0.39, 0.29) is 30.0 Å². The number of rotatable bonds is 3. The van der Waals surface area contributed by atoms with Gasteiger partial charge in [0.25, 0.3) is 0 Å². The number of aliphatic hydroxyl groups excluding tert-OH is 2. The minimum atomic E-state index is 0.0410. The van der Waals surface area contributed by atoms with Gasteiger partial charge in [0.2, 0.25) is 0 Å². The van der Waals surface area contributed by atoms with E-state index < -0.39 is 0 Å². The molecule has 1 aromatic heterocycles. The van der Waals surface area contributed by atoms with Crippen molar-refractivity contribution in [2.45, 2.75) is 59.3 Å². The largest absolute Gasteiger partial charge is 0.396 e. The fourth-order valence-electron chi connectivity index (χ4n) is 6.74. The van der Waals surface area contributed by atoms with Gasteiger partial charge in [-0.1, -0.05) is 26.0 Å². The number of aliphatic hydroxyl groups is 2. The summed E-state index contributed by atoms with van der Waals surface area (Å²) in [7, 11) is 0. The smallest absolute Gasteiger partial charge is 0.0900 e. The highest BCUT2D eigenvalue weighted by Crippen LogP contribution is 2.63. The van der Waals surface area contributed by atoms with Gasteiger partial charge in [-0.2, -0.15) is 0 Å². The normalized spacial score (nSPS) is 42.6. The van der Waals surface area contributed by atoms with Gasteiger partial charge in [-0.25, -0.2) is 4.98 Å². The van der Waals surface area contributed by atoms with Crippen LogP contribution in [0.15, 0.2) is 12.2 Å². The second-order valence-electron chi connectivity index (χ2n) is 9.53. The maximum absolute atomic E-state index is 10.4. The Morgan fingerprint density at radius 3 is 2.65 bits per heavy atom. The standard InChI is InChI=1S/C22H33NO2S/c1-13-5-6-17-16(12-25)18(7-8-21(13,17)3)22(4)10-20-19(9-15(22)11-24)23-14(2)26-20/h15-18,24-25H,1,5-12H2,2-4H3/t15-,16+,17+,18+,21-,22+/m1/s1. The van der Waals surface area contributed by atoms with Gasteiger partial charge < -0.3 is 10.2 Å². The SMILES string of the molecule is C=C1CC[C@H]2[C@H](CO)[C@@H]([C@@]3(C)Cc4sc(C)nc4C[C@@H]3CO)CC[C@]12C. The van der Waals surface area contributed by atoms with E-state index in [1.54, 1.807) is 0 Å². The van der Waals surface area contributed by atoms with Crippen LogP contribution in [-0.4, -0.2) is 28.4 Å². The molecule has 144 valence electrons. The molecular formula is C22H33NO2S. The Labute approximate surface area is 161 Å². The van der Waals surface area contributed by atoms with Crippen molar-refractivity contribution in [2.75, 3.05) is 13.2 Å². The number of aryl methyl sites for hydroxylation is 1. The van der Waals surface area contributed by atoms with Gasteiger partial charge >= 0.3 is 0 Å². The highest BCUT2D eigenvalue weighted by atomic mass is 32.1. The van der Waals surface area contributed by atoms with E-state index >= 15 is 0 Å². The molecule has 6 atom stereocenters. The van der Waals surface area contributed by atoms with Gasteiger partial charge in [0.05, 0.1) is 10.7 Å². The monoisotopic (exact) mass is 375 g/mol. The van der Waals surface area contributed by atoms with Crippen molar-refractivity contribution in [3.05, 3.63) is 27.7 Å². The van der Waals surface area contributed by atoms with Crippen LogP contribution in [0, 0.1) is 41.4 Å². The minimum absolute atomic E-state index is 0.0410. The van der Waals surface area contributed by atoms with Crippen LogP contribution < -0.4 is 0 Å². The van der Waals surface area contributed by atoms with Crippen LogP contribution in [0.3, 0.4) is 0 Å². The number of fused-ring (bicyclic) bond motifs is 2. The molecule has 0 aliphatic heterocycles. The molecule has 3 aliphatic rings. The topological polar surface area (TPSA) is 53.4 Å². The predicted octanol–water partition coefficient (Wildman–Crippen LogP) is 4.16. The number of hydrogen-bond acceptors (Lipinski definition) is 4. The van der Waals surface area contributed by atoms with Crippen LogP contribution in [0.4, 0.5) is 0 Å². The molecule has 0 aromatic carbocycles. The first kappa shape index (κ1) is 18.6. The molecule has 0 radical (unpaired) electrons. The summed E-state index contributed by atoms with van der Waals surface area (Å²) in [6.45, 7) is 11.7. The van der Waals surface area contributed by atoms with Crippen LogP contribution in [0.5, 0.6) is 0 Å². The number of thiazole rings is 1. The predicted molar refractivity (Wildman–Crippen MR) is 106 cm³/mol. The molecule has 4 rings (SSSR count). The van der Waals surface area contributed by atoms with E-state index in [2.05, 4.69) is 27.4 Å². The van der Waals surface area contributed by atoms with Crippen LogP contribution in [0.1, 0.15) is 55.1 Å². The summed E-state index contributed by atoms with van der Waals surface area (Å²) in [6.07, 6.45) is 6.49. The van der Waals surface area contributed by atoms with Crippen molar-refractivity contribution in [3.8, 4) is 0 Å². The van der Waals surface area contributed by atoms with Crippen LogP contribution >= 0.6 is 11.3 Å². The van der Waals surface area contributed by atoms with E-state index in [9.17, 15) is 10.2 Å². The lowest BCUT2D eigenvalue weighted by Gasteiger charge is -2.55. The number of hydrogen-bond donors (Lipinski definition) is 2. The van der Waals surface area contributed by atoms with Gasteiger partial charge in [-0.15, -0.1) is 11.3 Å². The first-order valence-electron chi connectivity index (χ1n) is 10.2. The minimum Gasteiger partial charge on any atom is -0.396 e. The first-order valence-corrected chi connectivity index (χ1v) is 11.0. The lowest BCUT2D eigenvalue weighted by atomic mass is 9.50. The van der Waals surface area contributed by atoms with Gasteiger partial charge in [0, 0.05) is 18.1 Å². The second kappa shape index (κ2) is 6.42. The highest BCUT2D eigenvalue weighted by molar-refractivity contribution is 7.11. The number of allylic oxidation sites excluding steroid dienone is 1. The molecule has 2 saturated carbocycles. The Kier molecular flexibility index (Phi) is 4.61. The van der Waals surface area contributed by atoms with E-state index in [0.717, 1.165) is 30.7 Å². The van der Waals surface area contributed by atoms with Gasteiger partial charge in [0.15, 0.2) is 0 Å². The van der Waals surface area contributed by atoms with Crippen LogP contribution in [0.25, 0.3) is 0 Å². The lowest BCUT2D eigenvalue weighted by molar-refractivity contribution is -0.0733. The van der Waals surface area contributed by atoms with E-state index in [0.29, 0.717) is 17.8 Å². The van der Waals surface area contributed by atoms with Gasteiger partial charge in [0.1, 0.15) is 0 Å². The molecule has 4 heteroatoms. The van der Waals surface area contributed by atoms with Crippen molar-refractivity contribution in [2.24, 2.45) is 34.5 Å². The van der Waals surface area contributed by atoms with Crippen molar-refractivity contribution in [3.63, 3.8) is 0 Å². The van der Waals surface area contributed by atoms with E-state index in [1.807, 2.05) is 11.3 Å². The third-order valence-electron chi connectivity index (χ3n) is 8.47. The van der Waals surface area contributed by atoms with E-state index in [1.165, 1.54) is 29.0 Å². The summed E-state index contributed by atoms with van der Waals surface area (Å²) in [6, 6.07) is 0. The molecule has 2 fully saturated rings. The summed E-state index contributed by atoms with van der Waals surface area (Å²) in [4.78, 5) is 6.13. The summed E-state index contributed by atoms with van der Waals surface area (Å²) in [5.41, 5.74) is 2.85. The molecule has 3 nitrogen and oxygen atoms in total. The molecule has 0 unspecified atom stereocenters. The third kappa shape index (κ3) is 2.56. The zero-order valence-corrected chi connectivity index (χ0v) is 17.2. The van der Waals surface area contributed by atoms with Crippen molar-refractivity contribution < 1.29 is 10.2 Å². The fraction of sp³-hybridized carbons (Fsp3) is 0.773. The summed E-state index contributed by atoms with van der Waals surface area (Å²) in [5, 5.41) is 21.8. The quantitative estimate of drug-likeness (QED) is 0.780. The molecular weight excluding hydrogens is 342 g/mol. The van der Waals surface area contributed by atoms with Gasteiger partial charge in [-0.05, 0) is 80.0 Å². The van der Waals surface area contributed by atoms with Crippen molar-refractivity contribution in [1.82, 2.24) is 4.98 Å². The third-order valence-corrected chi connectivity index (χ3v) is 9.48. The molecule has 0 spiro atoms. The average molecular weight is 376 g/mol. The number of nitrogens with zero attached hydrogens (tertiary/aromatic N) is 1. The zero-order chi connectivity index (χ0) is 18.7. The number of aromatic nitrogens is 1. The Morgan fingerprint density at radius 1 is 1.19 bits per heavy atom. The molecule has 0 saturated heterocycles. The molecule has 1 aromatic rings. The maximum atomic E-state index is 10.4. The molecule has 3 aliphatic carbocycles. The molecule has 0 bridgehead atoms. The summed E-state index contributed by atoms with van der Waals surface area (Å²) in [5.74, 6) is 1.57. The van der Waals surface area contributed by atoms with Crippen molar-refractivity contribution >= 4 is 11.3 Å². The summed E-state index contributed by atoms with van der Waals surface area (Å²) >= 11 is 1.83. The highest BCUT2D eigenvalue weighted by Gasteiger charge is 2.56. The Balaban J connectivity index is 1.70. The van der Waals surface area contributed by atoms with E-state index in [4.69, 9.17) is 4.98 Å². The molecule has 26 heavy (non-hydrogen) atoms.